The van der Waals surface area contributed by atoms with E-state index in [1.54, 1.807) is 12.3 Å². The van der Waals surface area contributed by atoms with Gasteiger partial charge in [0.25, 0.3) is 0 Å². The molecule has 1 aliphatic carbocycles. The van der Waals surface area contributed by atoms with Crippen LogP contribution in [0.2, 0.25) is 13.1 Å². The number of rotatable bonds is 5. The number of hydrogen-bond donors (Lipinski definition) is 1. The Morgan fingerprint density at radius 3 is 2.85 bits per heavy atom. The van der Waals surface area contributed by atoms with Crippen molar-refractivity contribution in [3.05, 3.63) is 23.4 Å². The number of methoxy groups -OCH3 is 1. The maximum absolute atomic E-state index is 5.02. The molecule has 0 radical (unpaired) electrons. The molecule has 0 atom stereocenters. The number of hydrogen-bond acceptors (Lipinski definition) is 2. The fourth-order valence-electron chi connectivity index (χ4n) is 1.49. The minimum absolute atomic E-state index is 0.803. The van der Waals surface area contributed by atoms with Crippen LogP contribution in [0.25, 0.3) is 0 Å². The van der Waals surface area contributed by atoms with Crippen molar-refractivity contribution in [1.82, 2.24) is 4.98 Å². The van der Waals surface area contributed by atoms with Crippen molar-refractivity contribution in [1.29, 1.82) is 0 Å². The lowest BCUT2D eigenvalue weighted by Crippen LogP contribution is -2.47. The lowest BCUT2D eigenvalue weighted by Gasteiger charge is -2.25. The molecule has 0 fully saturated rings. The molecule has 3 heteroatoms. The van der Waals surface area contributed by atoms with Crippen molar-refractivity contribution >= 4 is 8.24 Å². The van der Waals surface area contributed by atoms with Crippen molar-refractivity contribution in [2.75, 3.05) is 20.3 Å². The van der Waals surface area contributed by atoms with Gasteiger partial charge in [0.1, 0.15) is 8.24 Å². The molecule has 0 saturated heterocycles. The quantitative estimate of drug-likeness (QED) is 0.536. The molecule has 0 spiro atoms. The molecular formula is C10H19NOSi. The van der Waals surface area contributed by atoms with E-state index in [1.807, 2.05) is 0 Å². The minimum Gasteiger partial charge on any atom is -0.383 e. The highest BCUT2D eigenvalue weighted by molar-refractivity contribution is 6.82. The van der Waals surface area contributed by atoms with Gasteiger partial charge in [0.05, 0.1) is 6.61 Å². The van der Waals surface area contributed by atoms with Gasteiger partial charge in [0.2, 0.25) is 0 Å². The van der Waals surface area contributed by atoms with Crippen molar-refractivity contribution in [3.63, 3.8) is 0 Å². The van der Waals surface area contributed by atoms with Crippen LogP contribution in [0.5, 0.6) is 0 Å². The molecule has 0 aliphatic heterocycles. The first-order valence-corrected chi connectivity index (χ1v) is 7.77. The molecule has 0 saturated carbocycles. The van der Waals surface area contributed by atoms with Crippen LogP contribution < -0.4 is 4.98 Å². The lowest BCUT2D eigenvalue weighted by molar-refractivity contribution is 0.204. The molecule has 1 rings (SSSR count). The largest absolute Gasteiger partial charge is 0.383 e. The summed E-state index contributed by atoms with van der Waals surface area (Å²) in [7, 11) is 0.404. The van der Waals surface area contributed by atoms with E-state index in [4.69, 9.17) is 4.74 Å². The molecule has 2 nitrogen and oxygen atoms in total. The Hall–Kier alpha value is -0.383. The van der Waals surface area contributed by atoms with Crippen molar-refractivity contribution < 1.29 is 4.74 Å². The Morgan fingerprint density at radius 1 is 1.54 bits per heavy atom. The zero-order valence-corrected chi connectivity index (χ0v) is 9.76. The van der Waals surface area contributed by atoms with Gasteiger partial charge in [0.15, 0.2) is 0 Å². The van der Waals surface area contributed by atoms with Crippen LogP contribution in [-0.4, -0.2) is 28.5 Å². The maximum atomic E-state index is 5.02. The summed E-state index contributed by atoms with van der Waals surface area (Å²) < 4.78 is 5.02. The summed E-state index contributed by atoms with van der Waals surface area (Å²) in [4.78, 5) is 3.61. The lowest BCUT2D eigenvalue weighted by atomic mass is 10.5. The van der Waals surface area contributed by atoms with Crippen molar-refractivity contribution in [2.45, 2.75) is 19.5 Å². The smallest absolute Gasteiger partial charge is 0.147 e. The third-order valence-electron chi connectivity index (χ3n) is 2.45. The van der Waals surface area contributed by atoms with Gasteiger partial charge >= 0.3 is 0 Å². The SMILES string of the molecule is COCCN[Si](C)(C)C1=CC=CC1. The van der Waals surface area contributed by atoms with Crippen LogP contribution in [0, 0.1) is 0 Å². The third-order valence-corrected chi connectivity index (χ3v) is 5.56. The molecule has 0 aromatic carbocycles. The van der Waals surface area contributed by atoms with Gasteiger partial charge in [-0.15, -0.1) is 0 Å². The number of nitrogens with one attached hydrogen (secondary N) is 1. The second-order valence-corrected chi connectivity index (χ2v) is 8.11. The Kier molecular flexibility index (Phi) is 3.90. The van der Waals surface area contributed by atoms with Gasteiger partial charge in [-0.2, -0.15) is 0 Å². The maximum Gasteiger partial charge on any atom is 0.147 e. The summed E-state index contributed by atoms with van der Waals surface area (Å²) in [6, 6.07) is 0. The Bertz CT molecular complexity index is 221. The molecule has 0 aromatic heterocycles. The highest BCUT2D eigenvalue weighted by atomic mass is 28.3. The molecule has 0 aromatic rings. The second-order valence-electron chi connectivity index (χ2n) is 3.87. The average Bonchev–Trinajstić information content (AvgIpc) is 2.56. The zero-order chi connectivity index (χ0) is 9.73. The van der Waals surface area contributed by atoms with Crippen LogP contribution in [0.15, 0.2) is 23.4 Å². The predicted octanol–water partition coefficient (Wildman–Crippen LogP) is 1.85. The highest BCUT2D eigenvalue weighted by Crippen LogP contribution is 2.20. The van der Waals surface area contributed by atoms with E-state index in [0.717, 1.165) is 19.6 Å². The summed E-state index contributed by atoms with van der Waals surface area (Å²) in [5.74, 6) is 0. The number of allylic oxidation sites excluding steroid dienone is 4. The normalized spacial score (nSPS) is 16.4. The summed E-state index contributed by atoms with van der Waals surface area (Å²) in [5, 5.41) is 1.59. The molecule has 0 unspecified atom stereocenters. The molecule has 1 N–H and O–H groups in total. The zero-order valence-electron chi connectivity index (χ0n) is 8.76. The monoisotopic (exact) mass is 197 g/mol. The van der Waals surface area contributed by atoms with E-state index in [2.05, 4.69) is 36.3 Å². The first-order chi connectivity index (χ1) is 6.17. The molecular weight excluding hydrogens is 178 g/mol. The fraction of sp³-hybridized carbons (Fsp3) is 0.600. The summed E-state index contributed by atoms with van der Waals surface area (Å²) in [6.45, 7) is 6.47. The fourth-order valence-corrected chi connectivity index (χ4v) is 3.59. The topological polar surface area (TPSA) is 21.3 Å². The molecule has 13 heavy (non-hydrogen) atoms. The van der Waals surface area contributed by atoms with Crippen LogP contribution in [0.3, 0.4) is 0 Å². The average molecular weight is 197 g/mol. The van der Waals surface area contributed by atoms with Crippen LogP contribution in [0.1, 0.15) is 6.42 Å². The van der Waals surface area contributed by atoms with Crippen LogP contribution >= 0.6 is 0 Å². The first-order valence-electron chi connectivity index (χ1n) is 4.77. The molecule has 74 valence electrons. The van der Waals surface area contributed by atoms with Crippen molar-refractivity contribution in [2.24, 2.45) is 0 Å². The van der Waals surface area contributed by atoms with Gasteiger partial charge in [0, 0.05) is 13.7 Å². The van der Waals surface area contributed by atoms with Crippen molar-refractivity contribution in [3.8, 4) is 0 Å². The Morgan fingerprint density at radius 2 is 2.31 bits per heavy atom. The standard InChI is InChI=1S/C10H19NOSi/c1-12-9-8-11-13(2,3)10-6-4-5-7-10/h4-6,11H,7-9H2,1-3H3. The minimum atomic E-state index is -1.34. The molecule has 0 heterocycles. The predicted molar refractivity (Wildman–Crippen MR) is 59.2 cm³/mol. The van der Waals surface area contributed by atoms with E-state index >= 15 is 0 Å². The molecule has 1 aliphatic rings. The first kappa shape index (κ1) is 10.7. The Balaban J connectivity index is 2.36. The van der Waals surface area contributed by atoms with Gasteiger partial charge in [-0.1, -0.05) is 36.5 Å². The summed E-state index contributed by atoms with van der Waals surface area (Å²) in [5.41, 5.74) is 0. The van der Waals surface area contributed by atoms with E-state index in [9.17, 15) is 0 Å². The van der Waals surface area contributed by atoms with Gasteiger partial charge in [-0.25, -0.2) is 0 Å². The summed E-state index contributed by atoms with van der Waals surface area (Å²) >= 11 is 0. The van der Waals surface area contributed by atoms with E-state index in [-0.39, 0.29) is 0 Å². The van der Waals surface area contributed by atoms with E-state index < -0.39 is 8.24 Å². The van der Waals surface area contributed by atoms with Gasteiger partial charge < -0.3 is 9.72 Å². The van der Waals surface area contributed by atoms with Crippen LogP contribution in [-0.2, 0) is 4.74 Å². The van der Waals surface area contributed by atoms with Gasteiger partial charge in [-0.05, 0) is 6.42 Å². The Labute approximate surface area is 81.8 Å². The van der Waals surface area contributed by atoms with Crippen LogP contribution in [0.4, 0.5) is 0 Å². The molecule has 0 bridgehead atoms. The second kappa shape index (κ2) is 4.74. The molecule has 0 amide bonds. The third kappa shape index (κ3) is 3.10. The van der Waals surface area contributed by atoms with E-state index in [0.29, 0.717) is 0 Å². The summed E-state index contributed by atoms with van der Waals surface area (Å²) in [6.07, 6.45) is 7.77. The number of ether oxygens (including phenoxy) is 1. The van der Waals surface area contributed by atoms with E-state index in [1.165, 1.54) is 0 Å². The van der Waals surface area contributed by atoms with Gasteiger partial charge in [-0.3, -0.25) is 0 Å². The highest BCUT2D eigenvalue weighted by Gasteiger charge is 2.25.